The summed E-state index contributed by atoms with van der Waals surface area (Å²) in [6.07, 6.45) is -4.64. The largest absolute Gasteiger partial charge is 0.478 e. The van der Waals surface area contributed by atoms with Gasteiger partial charge in [0.1, 0.15) is 0 Å². The monoisotopic (exact) mass is 222 g/mol. The summed E-state index contributed by atoms with van der Waals surface area (Å²) in [5.74, 6) is -1.48. The molecule has 7 heteroatoms. The maximum atomic E-state index is 12.3. The Hall–Kier alpha value is -1.60. The first-order valence-electron chi connectivity index (χ1n) is 3.77. The van der Waals surface area contributed by atoms with Gasteiger partial charge in [0.25, 0.3) is 0 Å². The van der Waals surface area contributed by atoms with Crippen LogP contribution in [0.4, 0.5) is 18.9 Å². The molecule has 1 aromatic rings. The van der Waals surface area contributed by atoms with Gasteiger partial charge in [0.05, 0.1) is 11.1 Å². The van der Waals surface area contributed by atoms with E-state index in [-0.39, 0.29) is 5.69 Å². The molecular weight excluding hydrogens is 215 g/mol. The lowest BCUT2D eigenvalue weighted by molar-refractivity contribution is -0.825. The first kappa shape index (κ1) is 11.5. The highest BCUT2D eigenvalue weighted by Gasteiger charge is 2.32. The van der Waals surface area contributed by atoms with Gasteiger partial charge in [-0.05, 0) is 6.07 Å². The number of halogens is 3. The molecule has 1 rings (SSSR count). The number of nitrogens with two attached hydrogens (primary N) is 1. The van der Waals surface area contributed by atoms with Crippen molar-refractivity contribution in [1.29, 1.82) is 0 Å². The average molecular weight is 222 g/mol. The van der Waals surface area contributed by atoms with E-state index in [1.54, 1.807) is 0 Å². The quantitative estimate of drug-likeness (QED) is 0.516. The van der Waals surface area contributed by atoms with Crippen molar-refractivity contribution < 1.29 is 33.8 Å². The molecule has 0 aliphatic heterocycles. The van der Waals surface area contributed by atoms with Crippen molar-refractivity contribution in [2.24, 2.45) is 0 Å². The smallest absolute Gasteiger partial charge is 0.416 e. The minimum absolute atomic E-state index is 0.206. The maximum Gasteiger partial charge on any atom is 0.416 e. The third kappa shape index (κ3) is 2.67. The molecule has 0 saturated heterocycles. The van der Waals surface area contributed by atoms with Gasteiger partial charge < -0.3 is 5.11 Å². The molecule has 4 nitrogen and oxygen atoms in total. The van der Waals surface area contributed by atoms with Crippen LogP contribution in [0.25, 0.3) is 0 Å². The highest BCUT2D eigenvalue weighted by Crippen LogP contribution is 2.31. The lowest BCUT2D eigenvalue weighted by Gasteiger charge is -2.07. The molecule has 0 amide bonds. The zero-order valence-corrected chi connectivity index (χ0v) is 7.25. The van der Waals surface area contributed by atoms with Crippen LogP contribution in [0, 0.1) is 0 Å². The highest BCUT2D eigenvalue weighted by molar-refractivity contribution is 5.88. The number of hydrogen-bond acceptors (Lipinski definition) is 2. The molecule has 0 fully saturated rings. The summed E-state index contributed by atoms with van der Waals surface area (Å²) in [7, 11) is 0. The second-order valence-corrected chi connectivity index (χ2v) is 2.78. The second kappa shape index (κ2) is 3.87. The maximum absolute atomic E-state index is 12.3. The van der Waals surface area contributed by atoms with E-state index >= 15 is 0 Å². The molecule has 0 radical (unpaired) electrons. The van der Waals surface area contributed by atoms with Gasteiger partial charge in [-0.1, -0.05) is 0 Å². The molecule has 15 heavy (non-hydrogen) atoms. The van der Waals surface area contributed by atoms with E-state index in [0.717, 1.165) is 6.07 Å². The summed E-state index contributed by atoms with van der Waals surface area (Å²) >= 11 is 0. The average Bonchev–Trinajstić information content (AvgIpc) is 2.15. The Morgan fingerprint density at radius 3 is 2.27 bits per heavy atom. The Balaban J connectivity index is 3.30. The van der Waals surface area contributed by atoms with Crippen LogP contribution in [-0.4, -0.2) is 16.3 Å². The van der Waals surface area contributed by atoms with E-state index in [2.05, 4.69) is 0 Å². The summed E-state index contributed by atoms with van der Waals surface area (Å²) in [4.78, 5) is 10.5. The number of carboxylic acids is 1. The molecule has 0 atom stereocenters. The summed E-state index contributed by atoms with van der Waals surface area (Å²) in [5, 5.41) is 17.1. The van der Waals surface area contributed by atoms with Crippen molar-refractivity contribution in [2.75, 3.05) is 0 Å². The lowest BCUT2D eigenvalue weighted by Crippen LogP contribution is -2.73. The van der Waals surface area contributed by atoms with Crippen LogP contribution in [0.1, 0.15) is 15.9 Å². The topological polar surface area (TPSA) is 74.1 Å². The molecule has 0 bridgehead atoms. The van der Waals surface area contributed by atoms with E-state index in [1.165, 1.54) is 0 Å². The van der Waals surface area contributed by atoms with Crippen LogP contribution >= 0.6 is 0 Å². The van der Waals surface area contributed by atoms with Gasteiger partial charge in [0.2, 0.25) is 0 Å². The van der Waals surface area contributed by atoms with Crippen LogP contribution in [0.15, 0.2) is 18.2 Å². The Morgan fingerprint density at radius 1 is 1.27 bits per heavy atom. The van der Waals surface area contributed by atoms with Gasteiger partial charge in [-0.25, -0.2) is 10.0 Å². The second-order valence-electron chi connectivity index (χ2n) is 2.78. The van der Waals surface area contributed by atoms with Crippen molar-refractivity contribution >= 4 is 11.7 Å². The van der Waals surface area contributed by atoms with Crippen LogP contribution in [0.3, 0.4) is 0 Å². The molecule has 0 aliphatic carbocycles. The number of hydrogen-bond donors (Lipinski definition) is 3. The fraction of sp³-hybridized carbons (Fsp3) is 0.125. The summed E-state index contributed by atoms with van der Waals surface area (Å²) < 4.78 is 36.8. The van der Waals surface area contributed by atoms with Gasteiger partial charge in [0.15, 0.2) is 5.69 Å². The van der Waals surface area contributed by atoms with Gasteiger partial charge in [0, 0.05) is 12.1 Å². The zero-order valence-electron chi connectivity index (χ0n) is 7.25. The molecule has 82 valence electrons. The predicted octanol–water partition coefficient (Wildman–Crippen LogP) is 0.988. The number of alkyl halides is 3. The number of quaternary nitrogens is 1. The fourth-order valence-corrected chi connectivity index (χ4v) is 1.01. The van der Waals surface area contributed by atoms with Crippen molar-refractivity contribution in [3.8, 4) is 0 Å². The molecule has 0 unspecified atom stereocenters. The van der Waals surface area contributed by atoms with Crippen LogP contribution < -0.4 is 5.48 Å². The standard InChI is InChI=1S/C8H6F3NO3/c9-8(10,11)5-1-4(7(13)14)2-6(3-5)12-15/h1-3,12,15H,(H,13,14)/p+1. The molecule has 0 aromatic heterocycles. The summed E-state index contributed by atoms with van der Waals surface area (Å²) in [6.45, 7) is 0. The van der Waals surface area contributed by atoms with E-state index in [4.69, 9.17) is 10.3 Å². The van der Waals surface area contributed by atoms with Crippen molar-refractivity contribution in [3.63, 3.8) is 0 Å². The van der Waals surface area contributed by atoms with Gasteiger partial charge in [-0.15, -0.1) is 0 Å². The van der Waals surface area contributed by atoms with E-state index in [1.807, 2.05) is 0 Å². The molecule has 4 N–H and O–H groups in total. The van der Waals surface area contributed by atoms with E-state index < -0.39 is 23.3 Å². The lowest BCUT2D eigenvalue weighted by atomic mass is 10.1. The van der Waals surface area contributed by atoms with Crippen LogP contribution in [0.2, 0.25) is 0 Å². The molecule has 0 aliphatic rings. The predicted molar refractivity (Wildman–Crippen MR) is 41.8 cm³/mol. The molecule has 0 spiro atoms. The Morgan fingerprint density at radius 2 is 1.87 bits per heavy atom. The first-order valence-corrected chi connectivity index (χ1v) is 3.77. The molecular formula is C8H7F3NO3+. The minimum Gasteiger partial charge on any atom is -0.478 e. The highest BCUT2D eigenvalue weighted by atomic mass is 19.4. The van der Waals surface area contributed by atoms with Crippen molar-refractivity contribution in [1.82, 2.24) is 0 Å². The Kier molecular flexibility index (Phi) is 2.96. The van der Waals surface area contributed by atoms with Crippen molar-refractivity contribution in [2.45, 2.75) is 6.18 Å². The summed E-state index contributed by atoms with van der Waals surface area (Å²) in [6, 6.07) is 2.11. The normalized spacial score (nSPS) is 11.5. The first-order chi connectivity index (χ1) is 6.84. The zero-order chi connectivity index (χ0) is 11.6. The van der Waals surface area contributed by atoms with Gasteiger partial charge in [-0.3, -0.25) is 0 Å². The van der Waals surface area contributed by atoms with Crippen LogP contribution in [0.5, 0.6) is 0 Å². The molecule has 0 saturated carbocycles. The SMILES string of the molecule is O=C(O)c1cc([NH2+]O)cc(C(F)(F)F)c1. The van der Waals surface area contributed by atoms with Gasteiger partial charge >= 0.3 is 12.1 Å². The van der Waals surface area contributed by atoms with Crippen molar-refractivity contribution in [3.05, 3.63) is 29.3 Å². The van der Waals surface area contributed by atoms with E-state index in [9.17, 15) is 18.0 Å². The fourth-order valence-electron chi connectivity index (χ4n) is 1.01. The third-order valence-corrected chi connectivity index (χ3v) is 1.68. The number of aromatic carboxylic acids is 1. The van der Waals surface area contributed by atoms with E-state index in [0.29, 0.717) is 17.6 Å². The minimum atomic E-state index is -4.64. The Bertz CT molecular complexity index is 389. The number of benzene rings is 1. The summed E-state index contributed by atoms with van der Waals surface area (Å²) in [5.41, 5.74) is -1.42. The molecule has 1 aromatic carbocycles. The number of rotatable bonds is 2. The Labute approximate surface area is 81.9 Å². The third-order valence-electron chi connectivity index (χ3n) is 1.68. The molecule has 0 heterocycles. The van der Waals surface area contributed by atoms with Crippen LogP contribution in [-0.2, 0) is 6.18 Å². The number of carbonyl (C=O) groups is 1. The number of carboxylic acid groups (broad SMARTS) is 1. The van der Waals surface area contributed by atoms with Gasteiger partial charge in [-0.2, -0.15) is 18.7 Å².